The van der Waals surface area contributed by atoms with Crippen LogP contribution in [0.25, 0.3) is 0 Å². The maximum atomic E-state index is 12.4. The van der Waals surface area contributed by atoms with Gasteiger partial charge < -0.3 is 20.9 Å². The van der Waals surface area contributed by atoms with Crippen molar-refractivity contribution in [2.75, 3.05) is 13.2 Å². The molecule has 1 aromatic carbocycles. The summed E-state index contributed by atoms with van der Waals surface area (Å²) in [4.78, 5) is 15.8. The van der Waals surface area contributed by atoms with Gasteiger partial charge in [-0.2, -0.15) is 13.2 Å². The fourth-order valence-electron chi connectivity index (χ4n) is 1.80. The number of nitrogens with one attached hydrogen (secondary N) is 1. The largest absolute Gasteiger partial charge is 0.491 e. The Labute approximate surface area is 145 Å². The molecule has 4 N–H and O–H groups in total. The quantitative estimate of drug-likeness (QED) is 0.686. The van der Waals surface area contributed by atoms with Gasteiger partial charge in [0.25, 0.3) is 5.91 Å². The molecule has 1 atom stereocenters. The van der Waals surface area contributed by atoms with Crippen molar-refractivity contribution in [2.24, 2.45) is 5.73 Å². The number of rotatable bonds is 7. The second-order valence-corrected chi connectivity index (χ2v) is 5.97. The maximum absolute atomic E-state index is 12.4. The lowest BCUT2D eigenvalue weighted by Gasteiger charge is -2.13. The number of hydrogen-bond acceptors (Lipinski definition) is 6. The van der Waals surface area contributed by atoms with Crippen molar-refractivity contribution in [3.05, 3.63) is 45.9 Å². The first-order valence-electron chi connectivity index (χ1n) is 7.20. The first-order valence-corrected chi connectivity index (χ1v) is 8.08. The van der Waals surface area contributed by atoms with Crippen LogP contribution in [-0.4, -0.2) is 35.3 Å². The minimum Gasteiger partial charge on any atom is -0.491 e. The molecule has 1 heterocycles. The Morgan fingerprint density at radius 3 is 2.60 bits per heavy atom. The van der Waals surface area contributed by atoms with Crippen LogP contribution in [0.15, 0.2) is 29.6 Å². The Hall–Kier alpha value is -2.17. The molecule has 0 saturated carbocycles. The highest BCUT2D eigenvalue weighted by Crippen LogP contribution is 2.30. The second-order valence-electron chi connectivity index (χ2n) is 5.03. The molecule has 2 rings (SSSR count). The van der Waals surface area contributed by atoms with E-state index in [0.717, 1.165) is 24.3 Å². The lowest BCUT2D eigenvalue weighted by Crippen LogP contribution is -2.35. The number of nitrogens with two attached hydrogens (primary N) is 1. The topological polar surface area (TPSA) is 97.5 Å². The number of halogens is 3. The lowest BCUT2D eigenvalue weighted by atomic mass is 10.2. The van der Waals surface area contributed by atoms with Gasteiger partial charge in [0.15, 0.2) is 0 Å². The molecule has 1 unspecified atom stereocenters. The Bertz CT molecular complexity index is 704. The number of carbonyl (C=O) groups is 1. The van der Waals surface area contributed by atoms with E-state index in [1.807, 2.05) is 0 Å². The summed E-state index contributed by atoms with van der Waals surface area (Å²) >= 11 is 1.26. The average molecular weight is 375 g/mol. The maximum Gasteiger partial charge on any atom is 0.416 e. The van der Waals surface area contributed by atoms with Crippen LogP contribution in [0.4, 0.5) is 13.2 Å². The van der Waals surface area contributed by atoms with Crippen LogP contribution in [0.5, 0.6) is 5.75 Å². The molecular formula is C15H16F3N3O3S. The molecule has 0 bridgehead atoms. The average Bonchev–Trinajstić information content (AvgIpc) is 3.06. The van der Waals surface area contributed by atoms with Crippen LogP contribution in [-0.2, 0) is 12.7 Å². The molecule has 0 spiro atoms. The van der Waals surface area contributed by atoms with E-state index in [4.69, 9.17) is 10.5 Å². The number of amides is 1. The molecule has 136 valence electrons. The van der Waals surface area contributed by atoms with Gasteiger partial charge in [0.1, 0.15) is 29.2 Å². The van der Waals surface area contributed by atoms with E-state index in [9.17, 15) is 23.1 Å². The lowest BCUT2D eigenvalue weighted by molar-refractivity contribution is -0.137. The third-order valence-electron chi connectivity index (χ3n) is 3.08. The monoisotopic (exact) mass is 375 g/mol. The van der Waals surface area contributed by atoms with Crippen LogP contribution >= 0.6 is 11.3 Å². The van der Waals surface area contributed by atoms with Gasteiger partial charge in [0.2, 0.25) is 0 Å². The Morgan fingerprint density at radius 1 is 1.36 bits per heavy atom. The zero-order chi connectivity index (χ0) is 18.4. The SMILES string of the molecule is NCc1nc(C(=O)NCC(O)COc2ccc(C(F)(F)F)cc2)cs1. The molecule has 10 heteroatoms. The molecule has 0 aliphatic carbocycles. The van der Waals surface area contributed by atoms with E-state index in [1.165, 1.54) is 11.3 Å². The summed E-state index contributed by atoms with van der Waals surface area (Å²) in [7, 11) is 0. The summed E-state index contributed by atoms with van der Waals surface area (Å²) < 4.78 is 42.5. The van der Waals surface area contributed by atoms with Gasteiger partial charge in [-0.25, -0.2) is 4.98 Å². The molecule has 25 heavy (non-hydrogen) atoms. The van der Waals surface area contributed by atoms with E-state index in [2.05, 4.69) is 10.3 Å². The minimum atomic E-state index is -4.41. The fourth-order valence-corrected chi connectivity index (χ4v) is 2.46. The first kappa shape index (κ1) is 19.2. The number of carbonyl (C=O) groups excluding carboxylic acids is 1. The number of aromatic nitrogens is 1. The van der Waals surface area contributed by atoms with Gasteiger partial charge in [0.05, 0.1) is 5.56 Å². The summed E-state index contributed by atoms with van der Waals surface area (Å²) in [6, 6.07) is 4.11. The third kappa shape index (κ3) is 5.69. The molecule has 0 aliphatic rings. The predicted octanol–water partition coefficient (Wildman–Crippen LogP) is 1.79. The highest BCUT2D eigenvalue weighted by Gasteiger charge is 2.30. The summed E-state index contributed by atoms with van der Waals surface area (Å²) in [6.07, 6.45) is -5.44. The molecule has 0 saturated heterocycles. The number of ether oxygens (including phenoxy) is 1. The van der Waals surface area contributed by atoms with Gasteiger partial charge in [-0.15, -0.1) is 11.3 Å². The number of alkyl halides is 3. The molecular weight excluding hydrogens is 359 g/mol. The van der Waals surface area contributed by atoms with E-state index >= 15 is 0 Å². The summed E-state index contributed by atoms with van der Waals surface area (Å²) in [5, 5.41) is 14.5. The number of aliphatic hydroxyl groups is 1. The third-order valence-corrected chi connectivity index (χ3v) is 3.95. The zero-order valence-electron chi connectivity index (χ0n) is 12.9. The van der Waals surface area contributed by atoms with Crippen molar-refractivity contribution < 1.29 is 27.8 Å². The Balaban J connectivity index is 1.76. The van der Waals surface area contributed by atoms with Gasteiger partial charge in [0, 0.05) is 18.5 Å². The normalized spacial score (nSPS) is 12.7. The molecule has 0 aliphatic heterocycles. The van der Waals surface area contributed by atoms with Crippen LogP contribution in [0.1, 0.15) is 21.1 Å². The van der Waals surface area contributed by atoms with Crippen molar-refractivity contribution in [3.8, 4) is 5.75 Å². The van der Waals surface area contributed by atoms with Gasteiger partial charge in [-0.3, -0.25) is 4.79 Å². The smallest absolute Gasteiger partial charge is 0.416 e. The van der Waals surface area contributed by atoms with Crippen molar-refractivity contribution in [1.29, 1.82) is 0 Å². The van der Waals surface area contributed by atoms with E-state index in [-0.39, 0.29) is 31.1 Å². The Kier molecular flexibility index (Phi) is 6.34. The number of thiazole rings is 1. The number of benzene rings is 1. The van der Waals surface area contributed by atoms with E-state index < -0.39 is 23.8 Å². The van der Waals surface area contributed by atoms with E-state index in [1.54, 1.807) is 5.38 Å². The highest BCUT2D eigenvalue weighted by molar-refractivity contribution is 7.09. The molecule has 6 nitrogen and oxygen atoms in total. The Morgan fingerprint density at radius 2 is 2.04 bits per heavy atom. The molecule has 0 fully saturated rings. The van der Waals surface area contributed by atoms with Crippen LogP contribution in [0.3, 0.4) is 0 Å². The molecule has 1 aromatic heterocycles. The summed E-state index contributed by atoms with van der Waals surface area (Å²) in [5.41, 5.74) is 4.84. The zero-order valence-corrected chi connectivity index (χ0v) is 13.7. The fraction of sp³-hybridized carbons (Fsp3) is 0.333. The van der Waals surface area contributed by atoms with Crippen molar-refractivity contribution in [1.82, 2.24) is 10.3 Å². The summed E-state index contributed by atoms with van der Waals surface area (Å²) in [6.45, 7) is -0.0345. The number of aliphatic hydroxyl groups excluding tert-OH is 1. The van der Waals surface area contributed by atoms with Crippen molar-refractivity contribution in [3.63, 3.8) is 0 Å². The first-order chi connectivity index (χ1) is 11.8. The van der Waals surface area contributed by atoms with Crippen molar-refractivity contribution in [2.45, 2.75) is 18.8 Å². The standard InChI is InChI=1S/C15H16F3N3O3S/c16-15(17,18)9-1-3-11(4-2-9)24-7-10(22)6-20-14(23)12-8-25-13(5-19)21-12/h1-4,8,10,22H,5-7,19H2,(H,20,23). The second kappa shape index (κ2) is 8.28. The van der Waals surface area contributed by atoms with Crippen molar-refractivity contribution >= 4 is 17.2 Å². The van der Waals surface area contributed by atoms with Crippen LogP contribution in [0.2, 0.25) is 0 Å². The van der Waals surface area contributed by atoms with Crippen LogP contribution in [0, 0.1) is 0 Å². The highest BCUT2D eigenvalue weighted by atomic mass is 32.1. The number of nitrogens with zero attached hydrogens (tertiary/aromatic N) is 1. The minimum absolute atomic E-state index is 0.0883. The number of hydrogen-bond donors (Lipinski definition) is 3. The van der Waals surface area contributed by atoms with E-state index in [0.29, 0.717) is 5.01 Å². The molecule has 1 amide bonds. The predicted molar refractivity (Wildman–Crippen MR) is 85.3 cm³/mol. The summed E-state index contributed by atoms with van der Waals surface area (Å²) in [5.74, 6) is -0.269. The van der Waals surface area contributed by atoms with Gasteiger partial charge in [-0.05, 0) is 24.3 Å². The molecule has 0 radical (unpaired) electrons. The van der Waals surface area contributed by atoms with Crippen LogP contribution < -0.4 is 15.8 Å². The van der Waals surface area contributed by atoms with Gasteiger partial charge >= 0.3 is 6.18 Å². The van der Waals surface area contributed by atoms with Gasteiger partial charge in [-0.1, -0.05) is 0 Å². The molecule has 2 aromatic rings.